The van der Waals surface area contributed by atoms with Crippen LogP contribution in [0.1, 0.15) is 0 Å². The molecule has 62 valence electrons. The number of hydrogen-bond donors (Lipinski definition) is 1. The molecule has 0 aromatic carbocycles. The molecule has 0 atom stereocenters. The molecule has 0 aliphatic heterocycles. The van der Waals surface area contributed by atoms with Crippen molar-refractivity contribution in [2.45, 2.75) is 0 Å². The van der Waals surface area contributed by atoms with Gasteiger partial charge in [-0.25, -0.2) is 9.78 Å². The molecule has 0 saturated carbocycles. The van der Waals surface area contributed by atoms with Crippen LogP contribution in [0.4, 0.5) is 0 Å². The Hall–Kier alpha value is -0.0231. The lowest BCUT2D eigenvalue weighted by atomic mass is 11.8. The minimum atomic E-state index is -3.67. The molecule has 7 heteroatoms. The van der Waals surface area contributed by atoms with Gasteiger partial charge in [0.05, 0.1) is 14.2 Å². The molecular formula is C3H10O6Si. The molecule has 0 saturated heterocycles. The van der Waals surface area contributed by atoms with Gasteiger partial charge in [0.25, 0.3) is 0 Å². The summed E-state index contributed by atoms with van der Waals surface area (Å²) >= 11 is 0. The zero-order chi connectivity index (χ0) is 8.04. The van der Waals surface area contributed by atoms with Crippen LogP contribution in [-0.4, -0.2) is 35.2 Å². The smallest absolute Gasteiger partial charge is 0.365 e. The van der Waals surface area contributed by atoms with Crippen molar-refractivity contribution in [3.05, 3.63) is 0 Å². The Morgan fingerprint density at radius 2 is 1.40 bits per heavy atom. The summed E-state index contributed by atoms with van der Waals surface area (Å²) in [6.45, 7) is 0. The van der Waals surface area contributed by atoms with E-state index in [4.69, 9.17) is 4.80 Å². The van der Waals surface area contributed by atoms with Crippen molar-refractivity contribution in [1.82, 2.24) is 0 Å². The molecule has 0 spiro atoms. The van der Waals surface area contributed by atoms with Crippen molar-refractivity contribution in [3.63, 3.8) is 0 Å². The first kappa shape index (κ1) is 9.98. The fraction of sp³-hybridized carbons (Fsp3) is 1.00. The van der Waals surface area contributed by atoms with Gasteiger partial charge in [-0.1, -0.05) is 0 Å². The Kier molecular flexibility index (Phi) is 4.73. The van der Waals surface area contributed by atoms with E-state index in [2.05, 4.69) is 23.4 Å². The molecule has 10 heavy (non-hydrogen) atoms. The van der Waals surface area contributed by atoms with E-state index < -0.39 is 9.05 Å². The average molecular weight is 170 g/mol. The Balaban J connectivity index is 3.69. The van der Waals surface area contributed by atoms with Crippen LogP contribution < -0.4 is 0 Å². The lowest BCUT2D eigenvalue weighted by Crippen LogP contribution is -2.44. The van der Waals surface area contributed by atoms with Gasteiger partial charge in [0.1, 0.15) is 0 Å². The molecule has 1 N–H and O–H groups in total. The van der Waals surface area contributed by atoms with Gasteiger partial charge in [-0.15, -0.1) is 0 Å². The maximum absolute atomic E-state index is 9.04. The second-order valence-corrected chi connectivity index (χ2v) is 3.02. The summed E-state index contributed by atoms with van der Waals surface area (Å²) in [5.74, 6) is 0. The van der Waals surface area contributed by atoms with Crippen molar-refractivity contribution in [3.8, 4) is 0 Å². The monoisotopic (exact) mass is 170 g/mol. The molecule has 0 unspecified atom stereocenters. The van der Waals surface area contributed by atoms with Gasteiger partial charge in [-0.3, -0.25) is 0 Å². The lowest BCUT2D eigenvalue weighted by molar-refractivity contribution is -0.314. The largest absolute Gasteiger partial charge is 0.733 e. The molecule has 0 amide bonds. The summed E-state index contributed by atoms with van der Waals surface area (Å²) in [5, 5.41) is 0. The predicted molar refractivity (Wildman–Crippen MR) is 31.2 cm³/mol. The van der Waals surface area contributed by atoms with Crippen molar-refractivity contribution in [1.29, 1.82) is 0 Å². The molecule has 0 aromatic rings. The van der Waals surface area contributed by atoms with Crippen LogP contribution in [0.2, 0.25) is 0 Å². The molecule has 0 aliphatic rings. The molecule has 6 nitrogen and oxygen atoms in total. The Labute approximate surface area is 59.6 Å². The maximum Gasteiger partial charge on any atom is 0.733 e. The lowest BCUT2D eigenvalue weighted by Gasteiger charge is -2.15. The minimum absolute atomic E-state index is 1.21. The zero-order valence-electron chi connectivity index (χ0n) is 5.99. The zero-order valence-corrected chi connectivity index (χ0v) is 6.99. The van der Waals surface area contributed by atoms with E-state index in [1.165, 1.54) is 21.3 Å². The van der Waals surface area contributed by atoms with Crippen LogP contribution in [0.3, 0.4) is 0 Å². The summed E-state index contributed by atoms with van der Waals surface area (Å²) in [5.41, 5.74) is 0. The second kappa shape index (κ2) is 4.74. The number of hydrogen-bond acceptors (Lipinski definition) is 6. The highest BCUT2D eigenvalue weighted by atomic mass is 28.4. The highest BCUT2D eigenvalue weighted by Crippen LogP contribution is 2.02. The summed E-state index contributed by atoms with van der Waals surface area (Å²) in [6, 6.07) is 0. The molecule has 0 fully saturated rings. The van der Waals surface area contributed by atoms with Crippen LogP contribution in [0.15, 0.2) is 0 Å². The average Bonchev–Trinajstić information content (AvgIpc) is 1.89. The fourth-order valence-electron chi connectivity index (χ4n) is 0.293. The van der Waals surface area contributed by atoms with E-state index >= 15 is 0 Å². The van der Waals surface area contributed by atoms with Crippen molar-refractivity contribution in [2.75, 3.05) is 21.3 Å². The first-order chi connectivity index (χ1) is 4.68. The third-order valence-electron chi connectivity index (χ3n) is 0.635. The second-order valence-electron chi connectivity index (χ2n) is 1.23. The van der Waals surface area contributed by atoms with E-state index in [-0.39, 0.29) is 0 Å². The van der Waals surface area contributed by atoms with E-state index in [9.17, 15) is 0 Å². The van der Waals surface area contributed by atoms with Crippen LogP contribution in [0.25, 0.3) is 0 Å². The highest BCUT2D eigenvalue weighted by molar-refractivity contribution is 6.51. The predicted octanol–water partition coefficient (Wildman–Crippen LogP) is -0.783. The van der Waals surface area contributed by atoms with Gasteiger partial charge in [-0.05, 0) is 0 Å². The molecule has 0 bridgehead atoms. The van der Waals surface area contributed by atoms with E-state index in [1.54, 1.807) is 0 Å². The standard InChI is InChI=1S/C3H10O6Si/c1-5-8-10(4,7-3)9-6-2/h4H,1-3H3. The third kappa shape index (κ3) is 3.22. The van der Waals surface area contributed by atoms with Crippen LogP contribution in [-0.2, 0) is 23.4 Å². The van der Waals surface area contributed by atoms with Gasteiger partial charge in [0.2, 0.25) is 0 Å². The van der Waals surface area contributed by atoms with Gasteiger partial charge in [-0.2, -0.15) is 9.15 Å². The van der Waals surface area contributed by atoms with Crippen LogP contribution >= 0.6 is 0 Å². The Bertz CT molecular complexity index is 81.1. The molecule has 0 aliphatic carbocycles. The fourth-order valence-corrected chi connectivity index (χ4v) is 0.878. The summed E-state index contributed by atoms with van der Waals surface area (Å²) in [7, 11) is -0.0187. The molecule has 0 radical (unpaired) electrons. The van der Waals surface area contributed by atoms with Crippen molar-refractivity contribution in [2.24, 2.45) is 0 Å². The van der Waals surface area contributed by atoms with Gasteiger partial charge in [0, 0.05) is 7.11 Å². The SMILES string of the molecule is COO[Si](O)(OC)OOC. The molecule has 0 heterocycles. The Morgan fingerprint density at radius 3 is 1.60 bits per heavy atom. The van der Waals surface area contributed by atoms with E-state index in [0.29, 0.717) is 0 Å². The first-order valence-electron chi connectivity index (χ1n) is 2.39. The van der Waals surface area contributed by atoms with Gasteiger partial charge in [0.15, 0.2) is 0 Å². The number of rotatable bonds is 5. The quantitative estimate of drug-likeness (QED) is 0.331. The molecule has 0 aromatic heterocycles. The van der Waals surface area contributed by atoms with Crippen molar-refractivity contribution >= 4 is 9.05 Å². The first-order valence-corrected chi connectivity index (χ1v) is 4.07. The van der Waals surface area contributed by atoms with Crippen LogP contribution in [0.5, 0.6) is 0 Å². The maximum atomic E-state index is 9.04. The van der Waals surface area contributed by atoms with Gasteiger partial charge < -0.3 is 9.22 Å². The van der Waals surface area contributed by atoms with Gasteiger partial charge >= 0.3 is 9.05 Å². The molecular weight excluding hydrogens is 160 g/mol. The highest BCUT2D eigenvalue weighted by Gasteiger charge is 2.43. The topological polar surface area (TPSA) is 66.4 Å². The van der Waals surface area contributed by atoms with E-state index in [1.807, 2.05) is 0 Å². The third-order valence-corrected chi connectivity index (χ3v) is 1.91. The van der Waals surface area contributed by atoms with E-state index in [0.717, 1.165) is 0 Å². The summed E-state index contributed by atoms with van der Waals surface area (Å²) in [6.07, 6.45) is 0. The summed E-state index contributed by atoms with van der Waals surface area (Å²) in [4.78, 5) is 17.3. The molecule has 0 rings (SSSR count). The minimum Gasteiger partial charge on any atom is -0.365 e. The summed E-state index contributed by atoms with van der Waals surface area (Å²) < 4.78 is 12.9. The van der Waals surface area contributed by atoms with Crippen molar-refractivity contribution < 1.29 is 28.2 Å². The normalized spacial score (nSPS) is 12.0. The Morgan fingerprint density at radius 1 is 1.00 bits per heavy atom. The van der Waals surface area contributed by atoms with Crippen LogP contribution in [0, 0.1) is 0 Å².